The maximum Gasteiger partial charge on any atom is 0.258 e. The highest BCUT2D eigenvalue weighted by Crippen LogP contribution is 2.42. The van der Waals surface area contributed by atoms with E-state index in [1.54, 1.807) is 20.3 Å². The molecule has 0 unspecified atom stereocenters. The zero-order valence-electron chi connectivity index (χ0n) is 18.4. The number of allylic oxidation sites excluding steroid dienone is 1. The zero-order chi connectivity index (χ0) is 21.9. The molecule has 0 spiro atoms. The van der Waals surface area contributed by atoms with Crippen molar-refractivity contribution in [3.8, 4) is 11.5 Å². The lowest BCUT2D eigenvalue weighted by Gasteiger charge is -2.27. The summed E-state index contributed by atoms with van der Waals surface area (Å²) in [6.45, 7) is 6.23. The van der Waals surface area contributed by atoms with Crippen LogP contribution in [-0.4, -0.2) is 20.1 Å². The Balaban J connectivity index is 1.97. The molecule has 1 heterocycles. The number of anilines is 2. The highest BCUT2D eigenvalue weighted by Gasteiger charge is 2.29. The Morgan fingerprint density at radius 3 is 2.17 bits per heavy atom. The fourth-order valence-corrected chi connectivity index (χ4v) is 3.84. The van der Waals surface area contributed by atoms with E-state index < -0.39 is 0 Å². The Hall–Kier alpha value is -2.99. The number of fused-ring (bicyclic) bond motifs is 1. The number of nitrogens with one attached hydrogen (secondary N) is 2. The van der Waals surface area contributed by atoms with Crippen molar-refractivity contribution >= 4 is 22.9 Å². The largest absolute Gasteiger partial charge is 0.493 e. The van der Waals surface area contributed by atoms with Gasteiger partial charge < -0.3 is 25.8 Å². The molecule has 4 N–H and O–H groups in total. The van der Waals surface area contributed by atoms with E-state index in [1.807, 2.05) is 25.1 Å². The molecule has 0 atom stereocenters. The molecule has 1 aliphatic rings. The van der Waals surface area contributed by atoms with Crippen molar-refractivity contribution in [2.75, 3.05) is 24.9 Å². The van der Waals surface area contributed by atoms with Crippen molar-refractivity contribution < 1.29 is 14.3 Å². The van der Waals surface area contributed by atoms with Crippen LogP contribution in [0.5, 0.6) is 11.5 Å². The van der Waals surface area contributed by atoms with Crippen LogP contribution in [0.25, 0.3) is 5.57 Å². The normalized spacial score (nSPS) is 14.8. The Morgan fingerprint density at radius 2 is 1.63 bits per heavy atom. The van der Waals surface area contributed by atoms with E-state index in [1.165, 1.54) is 0 Å². The van der Waals surface area contributed by atoms with Crippen molar-refractivity contribution in [2.45, 2.75) is 45.6 Å². The molecule has 6 heteroatoms. The topological polar surface area (TPSA) is 85.6 Å². The van der Waals surface area contributed by atoms with E-state index in [9.17, 15) is 4.79 Å². The molecule has 0 aromatic heterocycles. The first-order valence-electron chi connectivity index (χ1n) is 10.4. The number of methoxy groups -OCH3 is 2. The van der Waals surface area contributed by atoms with E-state index in [4.69, 9.17) is 15.2 Å². The second-order valence-electron chi connectivity index (χ2n) is 7.48. The van der Waals surface area contributed by atoms with E-state index in [0.29, 0.717) is 23.5 Å². The SMILES string of the molecule is CC/C(Nc1ccc(C(N)(CC)CC)cc1)=C1/C(=O)Nc2cc(OC)c(OC)cc21. The minimum atomic E-state index is -0.315. The second-order valence-corrected chi connectivity index (χ2v) is 7.48. The lowest BCUT2D eigenvalue weighted by atomic mass is 9.86. The first-order valence-corrected chi connectivity index (χ1v) is 10.4. The highest BCUT2D eigenvalue weighted by atomic mass is 16.5. The van der Waals surface area contributed by atoms with E-state index in [2.05, 4.69) is 36.6 Å². The Labute approximate surface area is 178 Å². The number of carbonyl (C=O) groups is 1. The Morgan fingerprint density at radius 1 is 1.03 bits per heavy atom. The van der Waals surface area contributed by atoms with Gasteiger partial charge in [0, 0.05) is 28.6 Å². The van der Waals surface area contributed by atoms with Crippen LogP contribution < -0.4 is 25.8 Å². The molecule has 0 bridgehead atoms. The maximum absolute atomic E-state index is 12.8. The van der Waals surface area contributed by atoms with Gasteiger partial charge >= 0.3 is 0 Å². The van der Waals surface area contributed by atoms with Crippen LogP contribution >= 0.6 is 0 Å². The number of hydrogen-bond acceptors (Lipinski definition) is 5. The summed E-state index contributed by atoms with van der Waals surface area (Å²) in [6, 6.07) is 11.8. The molecule has 3 rings (SSSR count). The van der Waals surface area contributed by atoms with Gasteiger partial charge in [-0.15, -0.1) is 0 Å². The predicted octanol–water partition coefficient (Wildman–Crippen LogP) is 4.86. The predicted molar refractivity (Wildman–Crippen MR) is 122 cm³/mol. The first-order chi connectivity index (χ1) is 14.4. The molecule has 0 aliphatic carbocycles. The van der Waals surface area contributed by atoms with Gasteiger partial charge in [-0.1, -0.05) is 32.9 Å². The number of amides is 1. The minimum Gasteiger partial charge on any atom is -0.493 e. The summed E-state index contributed by atoms with van der Waals surface area (Å²) < 4.78 is 10.8. The molecule has 2 aromatic carbocycles. The van der Waals surface area contributed by atoms with Gasteiger partial charge in [0.1, 0.15) is 0 Å². The molecule has 1 amide bonds. The monoisotopic (exact) mass is 409 g/mol. The van der Waals surface area contributed by atoms with Gasteiger partial charge in [-0.3, -0.25) is 4.79 Å². The highest BCUT2D eigenvalue weighted by molar-refractivity contribution is 6.32. The summed E-state index contributed by atoms with van der Waals surface area (Å²) >= 11 is 0. The van der Waals surface area contributed by atoms with Crippen molar-refractivity contribution in [2.24, 2.45) is 5.73 Å². The first kappa shape index (κ1) is 21.7. The molecule has 1 aliphatic heterocycles. The summed E-state index contributed by atoms with van der Waals surface area (Å²) in [5.74, 6) is 1.03. The number of rotatable bonds is 8. The third kappa shape index (κ3) is 3.87. The quantitative estimate of drug-likeness (QED) is 0.542. The maximum atomic E-state index is 12.8. The Bertz CT molecular complexity index is 960. The van der Waals surface area contributed by atoms with Crippen molar-refractivity contribution in [1.29, 1.82) is 0 Å². The minimum absolute atomic E-state index is 0.140. The third-order valence-electron chi connectivity index (χ3n) is 5.94. The molecule has 2 aromatic rings. The average molecular weight is 410 g/mol. The average Bonchev–Trinajstić information content (AvgIpc) is 3.10. The number of benzene rings is 2. The van der Waals surface area contributed by atoms with E-state index in [0.717, 1.165) is 41.0 Å². The Kier molecular flexibility index (Phi) is 6.37. The smallest absolute Gasteiger partial charge is 0.258 e. The van der Waals surface area contributed by atoms with Gasteiger partial charge in [-0.2, -0.15) is 0 Å². The summed E-state index contributed by atoms with van der Waals surface area (Å²) in [5, 5.41) is 6.36. The number of carbonyl (C=O) groups excluding carboxylic acids is 1. The number of nitrogens with two attached hydrogens (primary N) is 1. The van der Waals surface area contributed by atoms with Crippen LogP contribution in [0.1, 0.15) is 51.2 Å². The second kappa shape index (κ2) is 8.79. The van der Waals surface area contributed by atoms with E-state index in [-0.39, 0.29) is 11.4 Å². The van der Waals surface area contributed by atoms with Crippen LogP contribution in [-0.2, 0) is 10.3 Å². The zero-order valence-corrected chi connectivity index (χ0v) is 18.4. The standard InChI is InChI=1S/C24H31N3O3/c1-6-18(26-16-11-9-15(10-12-16)24(25,7-2)8-3)22-17-13-20(29-4)21(30-5)14-19(17)27-23(22)28/h9-14,26H,6-8,25H2,1-5H3,(H,27,28)/b22-18-. The molecule has 160 valence electrons. The molecular formula is C24H31N3O3. The number of hydrogen-bond donors (Lipinski definition) is 3. The van der Waals surface area contributed by atoms with Crippen LogP contribution in [0.3, 0.4) is 0 Å². The van der Waals surface area contributed by atoms with Crippen molar-refractivity contribution in [3.05, 3.63) is 53.2 Å². The molecule has 0 saturated carbocycles. The summed E-state index contributed by atoms with van der Waals surface area (Å²) in [4.78, 5) is 12.8. The molecule has 0 radical (unpaired) electrons. The van der Waals surface area contributed by atoms with Gasteiger partial charge in [0.25, 0.3) is 5.91 Å². The summed E-state index contributed by atoms with van der Waals surface area (Å²) in [6.07, 6.45) is 2.43. The van der Waals surface area contributed by atoms with Gasteiger partial charge in [-0.05, 0) is 43.0 Å². The van der Waals surface area contributed by atoms with Gasteiger partial charge in [0.05, 0.1) is 25.5 Å². The van der Waals surface area contributed by atoms with Crippen LogP contribution in [0.4, 0.5) is 11.4 Å². The molecular weight excluding hydrogens is 378 g/mol. The van der Waals surface area contributed by atoms with Crippen LogP contribution in [0.15, 0.2) is 42.1 Å². The van der Waals surface area contributed by atoms with Gasteiger partial charge in [-0.25, -0.2) is 0 Å². The lowest BCUT2D eigenvalue weighted by molar-refractivity contribution is -0.110. The molecule has 6 nitrogen and oxygen atoms in total. The van der Waals surface area contributed by atoms with Crippen LogP contribution in [0, 0.1) is 0 Å². The number of ether oxygens (including phenoxy) is 2. The van der Waals surface area contributed by atoms with E-state index >= 15 is 0 Å². The van der Waals surface area contributed by atoms with Crippen LogP contribution in [0.2, 0.25) is 0 Å². The lowest BCUT2D eigenvalue weighted by Crippen LogP contribution is -2.34. The fourth-order valence-electron chi connectivity index (χ4n) is 3.84. The summed E-state index contributed by atoms with van der Waals surface area (Å²) in [7, 11) is 3.16. The van der Waals surface area contributed by atoms with Crippen molar-refractivity contribution in [3.63, 3.8) is 0 Å². The van der Waals surface area contributed by atoms with Crippen molar-refractivity contribution in [1.82, 2.24) is 0 Å². The molecule has 0 saturated heterocycles. The molecule has 30 heavy (non-hydrogen) atoms. The van der Waals surface area contributed by atoms with Gasteiger partial charge in [0.15, 0.2) is 11.5 Å². The fraction of sp³-hybridized carbons (Fsp3) is 0.375. The summed E-state index contributed by atoms with van der Waals surface area (Å²) in [5.41, 5.74) is 11.2. The third-order valence-corrected chi connectivity index (χ3v) is 5.94. The molecule has 0 fully saturated rings. The van der Waals surface area contributed by atoms with Gasteiger partial charge in [0.2, 0.25) is 0 Å².